The number of alkyl halides is 1. The highest BCUT2D eigenvalue weighted by molar-refractivity contribution is 14.1. The van der Waals surface area contributed by atoms with E-state index in [-0.39, 0.29) is 21.8 Å². The molecule has 1 heterocycles. The van der Waals surface area contributed by atoms with E-state index in [4.69, 9.17) is 10.8 Å². The smallest absolute Gasteiger partial charge is 0.249 e. The normalized spacial score (nSPS) is 11.6. The minimum Gasteiger partial charge on any atom is -0.419 e. The molecule has 0 radical (unpaired) electrons. The Balaban J connectivity index is 1.86. The van der Waals surface area contributed by atoms with E-state index in [1.165, 1.54) is 5.56 Å². The zero-order valence-electron chi connectivity index (χ0n) is 18.0. The van der Waals surface area contributed by atoms with Crippen LogP contribution in [0.25, 0.3) is 11.5 Å². The third-order valence-corrected chi connectivity index (χ3v) is 5.51. The van der Waals surface area contributed by atoms with Crippen molar-refractivity contribution in [2.24, 2.45) is 0 Å². The second-order valence-electron chi connectivity index (χ2n) is 8.14. The third-order valence-electron chi connectivity index (χ3n) is 4.89. The predicted octanol–water partition coefficient (Wildman–Crippen LogP) is 5.18. The molecule has 2 N–H and O–H groups in total. The van der Waals surface area contributed by atoms with Gasteiger partial charge in [-0.15, -0.1) is 16.6 Å². The summed E-state index contributed by atoms with van der Waals surface area (Å²) in [5.41, 5.74) is 2.77. The molecule has 0 saturated carbocycles. The molecule has 0 fully saturated rings. The fourth-order valence-corrected chi connectivity index (χ4v) is 3.28. The van der Waals surface area contributed by atoms with Gasteiger partial charge in [0.25, 0.3) is 0 Å². The number of rotatable bonds is 7. The average Bonchev–Trinajstić information content (AvgIpc) is 3.23. The van der Waals surface area contributed by atoms with Crippen molar-refractivity contribution < 1.29 is 9.21 Å². The van der Waals surface area contributed by atoms with Crippen LogP contribution in [0.5, 0.6) is 0 Å². The zero-order valence-corrected chi connectivity index (χ0v) is 20.1. The molecule has 3 rings (SSSR count). The van der Waals surface area contributed by atoms with Crippen LogP contribution < -0.4 is 10.6 Å². The first-order valence-electron chi connectivity index (χ1n) is 9.84. The van der Waals surface area contributed by atoms with E-state index in [2.05, 4.69) is 75.3 Å². The number of carbonyl (C=O) groups excluding carboxylic acids is 1. The molecule has 1 amide bonds. The minimum absolute atomic E-state index is 0.0632. The molecule has 0 aliphatic rings. The summed E-state index contributed by atoms with van der Waals surface area (Å²) in [7, 11) is 0. The molecular formula is C24H25IN4O2. The number of benzene rings is 2. The second kappa shape index (κ2) is 9.10. The summed E-state index contributed by atoms with van der Waals surface area (Å²) in [6, 6.07) is 16.0. The summed E-state index contributed by atoms with van der Waals surface area (Å²) in [6.45, 7) is 7.93. The zero-order chi connectivity index (χ0) is 22.6. The third kappa shape index (κ3) is 5.25. The van der Waals surface area contributed by atoms with Crippen molar-refractivity contribution in [3.8, 4) is 23.8 Å². The van der Waals surface area contributed by atoms with Gasteiger partial charge in [-0.1, -0.05) is 52.8 Å². The van der Waals surface area contributed by atoms with Gasteiger partial charge in [0.1, 0.15) is 5.41 Å². The van der Waals surface area contributed by atoms with Crippen LogP contribution >= 0.6 is 22.6 Å². The van der Waals surface area contributed by atoms with E-state index >= 15 is 0 Å². The van der Waals surface area contributed by atoms with Gasteiger partial charge in [-0.05, 0) is 57.5 Å². The van der Waals surface area contributed by atoms with Crippen molar-refractivity contribution in [2.45, 2.75) is 36.5 Å². The molecule has 1 aromatic heterocycles. The van der Waals surface area contributed by atoms with E-state index < -0.39 is 5.41 Å². The van der Waals surface area contributed by atoms with E-state index in [1.54, 1.807) is 13.8 Å². The summed E-state index contributed by atoms with van der Waals surface area (Å²) in [4.78, 5) is 12.4. The van der Waals surface area contributed by atoms with E-state index in [9.17, 15) is 4.79 Å². The van der Waals surface area contributed by atoms with Gasteiger partial charge < -0.3 is 15.1 Å². The fraction of sp³-hybridized carbons (Fsp3) is 0.292. The Morgan fingerprint density at radius 1 is 1.10 bits per heavy atom. The van der Waals surface area contributed by atoms with Crippen LogP contribution in [0, 0.1) is 12.3 Å². The molecular weight excluding hydrogens is 503 g/mol. The molecule has 0 atom stereocenters. The molecule has 3 aromatic rings. The Morgan fingerprint density at radius 2 is 1.77 bits per heavy atom. The summed E-state index contributed by atoms with van der Waals surface area (Å²) < 4.78 is 5.97. The number of nitrogens with one attached hydrogen (secondary N) is 2. The summed E-state index contributed by atoms with van der Waals surface area (Å²) in [5.74, 6) is 2.67. The molecule has 2 aromatic carbocycles. The highest BCUT2D eigenvalue weighted by atomic mass is 127. The highest BCUT2D eigenvalue weighted by Gasteiger charge is 2.35. The lowest BCUT2D eigenvalue weighted by Gasteiger charge is -2.18. The summed E-state index contributed by atoms with van der Waals surface area (Å²) in [6.07, 6.45) is 5.22. The molecule has 0 unspecified atom stereocenters. The number of anilines is 2. The Bertz CT molecular complexity index is 1110. The van der Waals surface area contributed by atoms with Crippen LogP contribution in [-0.4, -0.2) is 22.6 Å². The van der Waals surface area contributed by atoms with E-state index in [1.807, 2.05) is 36.4 Å². The van der Waals surface area contributed by atoms with Crippen LogP contribution in [-0.2, 0) is 13.6 Å². The number of aromatic nitrogens is 2. The molecule has 0 spiro atoms. The second-order valence-corrected chi connectivity index (χ2v) is 10.8. The summed E-state index contributed by atoms with van der Waals surface area (Å²) in [5, 5.41) is 14.4. The number of para-hydroxylation sites is 1. The number of halogens is 1. The van der Waals surface area contributed by atoms with Gasteiger partial charge in [0.05, 0.1) is 17.8 Å². The van der Waals surface area contributed by atoms with Crippen molar-refractivity contribution >= 4 is 39.9 Å². The summed E-state index contributed by atoms with van der Waals surface area (Å²) >= 11 is 2.43. The maximum absolute atomic E-state index is 12.4. The van der Waals surface area contributed by atoms with Crippen molar-refractivity contribution in [1.82, 2.24) is 15.5 Å². The van der Waals surface area contributed by atoms with Gasteiger partial charge in [0, 0.05) is 9.11 Å². The molecule has 6 nitrogen and oxygen atoms in total. The maximum atomic E-state index is 12.4. The highest BCUT2D eigenvalue weighted by Crippen LogP contribution is 2.34. The quantitative estimate of drug-likeness (QED) is 0.251. The Labute approximate surface area is 196 Å². The van der Waals surface area contributed by atoms with Gasteiger partial charge in [0.2, 0.25) is 17.7 Å². The first-order chi connectivity index (χ1) is 14.6. The topological polar surface area (TPSA) is 80.0 Å². The molecule has 0 aliphatic carbocycles. The first kappa shape index (κ1) is 22.8. The van der Waals surface area contributed by atoms with E-state index in [0.717, 1.165) is 16.9 Å². The SMILES string of the molecule is C#CCNC(=O)C(C)(C)c1nnc(-c2ccccc2Nc2ccc(C(C)(C)I)cc2)o1. The number of terminal acetylenes is 1. The van der Waals surface area contributed by atoms with Crippen LogP contribution in [0.3, 0.4) is 0 Å². The molecule has 0 aliphatic heterocycles. The van der Waals surface area contributed by atoms with Gasteiger partial charge >= 0.3 is 0 Å². The Kier molecular flexibility index (Phi) is 6.70. The number of amides is 1. The Hall–Kier alpha value is -2.86. The lowest BCUT2D eigenvalue weighted by molar-refractivity contribution is -0.126. The predicted molar refractivity (Wildman–Crippen MR) is 131 cm³/mol. The molecule has 31 heavy (non-hydrogen) atoms. The lowest BCUT2D eigenvalue weighted by Crippen LogP contribution is -2.40. The average molecular weight is 528 g/mol. The van der Waals surface area contributed by atoms with Gasteiger partial charge in [-0.3, -0.25) is 4.79 Å². The lowest BCUT2D eigenvalue weighted by atomic mass is 9.92. The minimum atomic E-state index is -1.01. The van der Waals surface area contributed by atoms with Crippen molar-refractivity contribution in [2.75, 3.05) is 11.9 Å². The molecule has 0 saturated heterocycles. The fourth-order valence-electron chi connectivity index (χ4n) is 2.92. The van der Waals surface area contributed by atoms with Crippen molar-refractivity contribution in [3.63, 3.8) is 0 Å². The standard InChI is InChI=1S/C24H25IN4O2/c1-6-15-26-21(30)23(2,3)22-29-28-20(31-22)18-9-7-8-10-19(18)27-17-13-11-16(12-14-17)24(4,5)25/h1,7-14,27H,15H2,2-5H3,(H,26,30). The number of hydrogen-bond donors (Lipinski definition) is 2. The van der Waals surface area contributed by atoms with Gasteiger partial charge in [-0.2, -0.15) is 0 Å². The number of hydrogen-bond acceptors (Lipinski definition) is 5. The first-order valence-corrected chi connectivity index (χ1v) is 10.9. The number of nitrogens with zero attached hydrogens (tertiary/aromatic N) is 2. The number of carbonyl (C=O) groups is 1. The van der Waals surface area contributed by atoms with Crippen molar-refractivity contribution in [1.29, 1.82) is 0 Å². The van der Waals surface area contributed by atoms with Gasteiger partial charge in [-0.25, -0.2) is 0 Å². The van der Waals surface area contributed by atoms with Crippen LogP contribution in [0.2, 0.25) is 0 Å². The van der Waals surface area contributed by atoms with Crippen LogP contribution in [0.15, 0.2) is 52.9 Å². The van der Waals surface area contributed by atoms with Gasteiger partial charge in [0.15, 0.2) is 0 Å². The largest absolute Gasteiger partial charge is 0.419 e. The molecule has 0 bridgehead atoms. The molecule has 160 valence electrons. The van der Waals surface area contributed by atoms with E-state index in [0.29, 0.717) is 5.89 Å². The maximum Gasteiger partial charge on any atom is 0.249 e. The van der Waals surface area contributed by atoms with Crippen LogP contribution in [0.1, 0.15) is 39.1 Å². The monoisotopic (exact) mass is 528 g/mol. The van der Waals surface area contributed by atoms with Crippen molar-refractivity contribution in [3.05, 3.63) is 60.0 Å². The Morgan fingerprint density at radius 3 is 2.42 bits per heavy atom. The molecule has 7 heteroatoms. The van der Waals surface area contributed by atoms with Crippen LogP contribution in [0.4, 0.5) is 11.4 Å².